The second kappa shape index (κ2) is 24.8. The van der Waals surface area contributed by atoms with E-state index in [1.807, 2.05) is 73.4 Å². The summed E-state index contributed by atoms with van der Waals surface area (Å²) in [6.45, 7) is 22.9. The summed E-state index contributed by atoms with van der Waals surface area (Å²) in [7, 11) is 3.50. The van der Waals surface area contributed by atoms with Crippen LogP contribution in [0.3, 0.4) is 0 Å². The number of nitrogens with zero attached hydrogens (tertiary/aromatic N) is 6. The van der Waals surface area contributed by atoms with Crippen LogP contribution in [0.15, 0.2) is 140 Å². The molecule has 0 radical (unpaired) electrons. The van der Waals surface area contributed by atoms with Crippen molar-refractivity contribution in [3.05, 3.63) is 163 Å². The van der Waals surface area contributed by atoms with Crippen LogP contribution in [-0.4, -0.2) is 83.9 Å². The first-order chi connectivity index (χ1) is 30.4. The highest BCUT2D eigenvalue weighted by Crippen LogP contribution is 2.28. The van der Waals surface area contributed by atoms with Crippen molar-refractivity contribution >= 4 is 22.2 Å². The van der Waals surface area contributed by atoms with Crippen LogP contribution >= 0.6 is 0 Å². The quantitative estimate of drug-likeness (QED) is 0.120. The van der Waals surface area contributed by atoms with Gasteiger partial charge in [-0.25, -0.2) is 4.98 Å². The third-order valence-electron chi connectivity index (χ3n) is 11.3. The van der Waals surface area contributed by atoms with Gasteiger partial charge < -0.3 is 23.5 Å². The highest BCUT2D eigenvalue weighted by atomic mass is 16.5. The van der Waals surface area contributed by atoms with Gasteiger partial charge in [-0.1, -0.05) is 97.9 Å². The highest BCUT2D eigenvalue weighted by Gasteiger charge is 2.22. The van der Waals surface area contributed by atoms with Gasteiger partial charge in [0.25, 0.3) is 0 Å². The number of aromatic nitrogens is 4. The molecule has 0 amide bonds. The zero-order chi connectivity index (χ0) is 45.1. The Labute approximate surface area is 377 Å². The number of imidazole rings is 1. The van der Waals surface area contributed by atoms with Crippen molar-refractivity contribution in [1.82, 2.24) is 24.3 Å². The van der Waals surface area contributed by atoms with Crippen LogP contribution in [0.25, 0.3) is 16.6 Å². The number of hydrogen-bond donors (Lipinski definition) is 0. The Morgan fingerprint density at radius 3 is 1.86 bits per heavy atom. The molecule has 0 saturated carbocycles. The number of rotatable bonds is 12. The summed E-state index contributed by atoms with van der Waals surface area (Å²) in [4.78, 5) is 17.2. The number of para-hydroxylation sites is 2. The molecule has 8 rings (SSSR count). The minimum Gasteiger partial charge on any atom is -0.495 e. The van der Waals surface area contributed by atoms with E-state index in [1.54, 1.807) is 14.2 Å². The van der Waals surface area contributed by atoms with Gasteiger partial charge in [-0.15, -0.1) is 0 Å². The second-order valence-corrected chi connectivity index (χ2v) is 17.2. The number of fused-ring (bicyclic) bond motifs is 2. The molecule has 63 heavy (non-hydrogen) atoms. The van der Waals surface area contributed by atoms with Crippen LogP contribution in [0.2, 0.25) is 0 Å². The Bertz CT molecular complexity index is 2350. The molecule has 1 aliphatic heterocycles. The molecule has 0 aliphatic carbocycles. The number of anilines is 1. The zero-order valence-electron chi connectivity index (χ0n) is 39.3. The predicted molar refractivity (Wildman–Crippen MR) is 262 cm³/mol. The van der Waals surface area contributed by atoms with Crippen molar-refractivity contribution in [2.24, 2.45) is 0 Å². The summed E-state index contributed by atoms with van der Waals surface area (Å²) in [6, 6.07) is 35.4. The first kappa shape index (κ1) is 48.3. The molecule has 9 nitrogen and oxygen atoms in total. The van der Waals surface area contributed by atoms with Gasteiger partial charge in [-0.2, -0.15) is 0 Å². The summed E-state index contributed by atoms with van der Waals surface area (Å²) >= 11 is 0. The molecule has 1 unspecified atom stereocenters. The Hall–Kier alpha value is -5.77. The topological polar surface area (TPSA) is 77.3 Å². The maximum atomic E-state index is 5.98. The third kappa shape index (κ3) is 14.9. The summed E-state index contributed by atoms with van der Waals surface area (Å²) in [5, 5.41) is 1.23. The van der Waals surface area contributed by atoms with Gasteiger partial charge in [0.1, 0.15) is 29.9 Å². The lowest BCUT2D eigenvalue weighted by molar-refractivity contribution is 0.0281. The number of ether oxygens (including phenoxy) is 3. The van der Waals surface area contributed by atoms with E-state index in [2.05, 4.69) is 151 Å². The van der Waals surface area contributed by atoms with E-state index in [1.165, 1.54) is 33.3 Å². The molecule has 1 saturated heterocycles. The Balaban J connectivity index is 0.000000180. The lowest BCUT2D eigenvalue weighted by Crippen LogP contribution is -2.49. The van der Waals surface area contributed by atoms with Crippen molar-refractivity contribution in [1.29, 1.82) is 0 Å². The van der Waals surface area contributed by atoms with E-state index in [0.29, 0.717) is 30.3 Å². The second-order valence-electron chi connectivity index (χ2n) is 17.2. The molecule has 0 bridgehead atoms. The molecule has 1 aliphatic rings. The van der Waals surface area contributed by atoms with Crippen LogP contribution in [0.1, 0.15) is 101 Å². The summed E-state index contributed by atoms with van der Waals surface area (Å²) < 4.78 is 19.2. The fourth-order valence-corrected chi connectivity index (χ4v) is 7.16. The average Bonchev–Trinajstić information content (AvgIpc) is 3.80. The molecule has 1 fully saturated rings. The molecule has 5 heterocycles. The van der Waals surface area contributed by atoms with E-state index in [9.17, 15) is 0 Å². The van der Waals surface area contributed by atoms with Gasteiger partial charge in [-0.05, 0) is 107 Å². The predicted octanol–water partition coefficient (Wildman–Crippen LogP) is 12.1. The lowest BCUT2D eigenvalue weighted by atomic mass is 10.0. The molecule has 0 N–H and O–H groups in total. The Kier molecular flexibility index (Phi) is 19.0. The smallest absolute Gasteiger partial charge is 0.142 e. The molecule has 1 atom stereocenters. The minimum atomic E-state index is 0.0533. The number of methoxy groups -OCH3 is 2. The Morgan fingerprint density at radius 2 is 1.22 bits per heavy atom. The van der Waals surface area contributed by atoms with Crippen molar-refractivity contribution in [2.45, 2.75) is 85.2 Å². The molecule has 4 aromatic heterocycles. The van der Waals surface area contributed by atoms with Gasteiger partial charge in [0.15, 0.2) is 0 Å². The van der Waals surface area contributed by atoms with Crippen LogP contribution < -0.4 is 14.4 Å². The molecule has 7 aromatic rings. The molecule has 3 aromatic carbocycles. The van der Waals surface area contributed by atoms with Crippen molar-refractivity contribution in [3.8, 4) is 11.5 Å². The number of benzene rings is 3. The summed E-state index contributed by atoms with van der Waals surface area (Å²) in [5.74, 6) is 4.16. The standard InChI is InChI=1S/C24H34N2O3.C12H13N.C10H12N2.C8H11N/c1-19(2)20-9-11-21(12-10-20)29-18-22(27-3)17-25-13-15-26(16-14-25)23-7-5-6-8-24(23)28-4;1-9(2)10-5-6-12-11(8-10)4-3-7-13-12;1-8(2)9-3-4-10-11-5-6-12(10)7-9;1-7(2)8-3-5-9-6-4-8/h5-12,19,22H,13-18H2,1-4H3;3-9H,1-2H3;3-8H,1-2H3;3-7H,1-2H3. The first-order valence-corrected chi connectivity index (χ1v) is 22.5. The fraction of sp³-hybridized carbons (Fsp3) is 0.389. The zero-order valence-corrected chi connectivity index (χ0v) is 39.3. The van der Waals surface area contributed by atoms with Crippen LogP contribution in [0, 0.1) is 0 Å². The average molecular weight is 851 g/mol. The van der Waals surface area contributed by atoms with Crippen LogP contribution in [0.5, 0.6) is 11.5 Å². The number of hydrogen-bond acceptors (Lipinski definition) is 8. The van der Waals surface area contributed by atoms with Crippen molar-refractivity contribution < 1.29 is 14.2 Å². The molecule has 334 valence electrons. The number of pyridine rings is 3. The monoisotopic (exact) mass is 851 g/mol. The van der Waals surface area contributed by atoms with Crippen LogP contribution in [0.4, 0.5) is 5.69 Å². The molecule has 0 spiro atoms. The van der Waals surface area contributed by atoms with E-state index >= 15 is 0 Å². The highest BCUT2D eigenvalue weighted by molar-refractivity contribution is 5.79. The largest absolute Gasteiger partial charge is 0.495 e. The summed E-state index contributed by atoms with van der Waals surface area (Å²) in [6.07, 6.45) is 11.5. The van der Waals surface area contributed by atoms with Crippen molar-refractivity contribution in [3.63, 3.8) is 0 Å². The van der Waals surface area contributed by atoms with Gasteiger partial charge >= 0.3 is 0 Å². The summed E-state index contributed by atoms with van der Waals surface area (Å²) in [5.41, 5.74) is 8.66. The van der Waals surface area contributed by atoms with Gasteiger partial charge in [-0.3, -0.25) is 14.9 Å². The number of piperazine rings is 1. The lowest BCUT2D eigenvalue weighted by Gasteiger charge is -2.37. The molecule has 9 heteroatoms. The van der Waals surface area contributed by atoms with E-state index in [4.69, 9.17) is 14.2 Å². The normalized spacial score (nSPS) is 13.3. The van der Waals surface area contributed by atoms with Gasteiger partial charge in [0.05, 0.1) is 18.3 Å². The fourth-order valence-electron chi connectivity index (χ4n) is 7.16. The third-order valence-corrected chi connectivity index (χ3v) is 11.3. The molecular weight excluding hydrogens is 781 g/mol. The maximum Gasteiger partial charge on any atom is 0.142 e. The van der Waals surface area contributed by atoms with E-state index < -0.39 is 0 Å². The van der Waals surface area contributed by atoms with E-state index in [-0.39, 0.29) is 6.10 Å². The van der Waals surface area contributed by atoms with Crippen molar-refractivity contribution in [2.75, 3.05) is 58.5 Å². The van der Waals surface area contributed by atoms with Gasteiger partial charge in [0, 0.05) is 82.4 Å². The Morgan fingerprint density at radius 1 is 0.587 bits per heavy atom. The maximum absolute atomic E-state index is 5.98. The van der Waals surface area contributed by atoms with Crippen LogP contribution in [-0.2, 0) is 4.74 Å². The first-order valence-electron chi connectivity index (χ1n) is 22.5. The van der Waals surface area contributed by atoms with Gasteiger partial charge in [0.2, 0.25) is 0 Å². The molecular formula is C54H70N6O3. The van der Waals surface area contributed by atoms with E-state index in [0.717, 1.165) is 55.4 Å². The SMILES string of the molecule is CC(C)c1ccc2ncccc2c1.CC(C)c1ccc2nccn2c1.CC(C)c1ccncc1.COc1ccccc1N1CCN(CC(COc2ccc(C(C)C)cc2)OC)CC1. The minimum absolute atomic E-state index is 0.0533.